The quantitative estimate of drug-likeness (QED) is 0.848. The molecule has 3 fully saturated rings. The zero-order valence-electron chi connectivity index (χ0n) is 14.5. The predicted octanol–water partition coefficient (Wildman–Crippen LogP) is 2.88. The lowest BCUT2D eigenvalue weighted by Crippen LogP contribution is -2.43. The van der Waals surface area contributed by atoms with Crippen LogP contribution in [0.4, 0.5) is 5.82 Å². The molecule has 4 heterocycles. The van der Waals surface area contributed by atoms with Crippen LogP contribution in [0.25, 0.3) is 0 Å². The van der Waals surface area contributed by atoms with Crippen molar-refractivity contribution in [1.82, 2.24) is 15.2 Å². The number of pyridine rings is 1. The van der Waals surface area contributed by atoms with E-state index in [1.165, 1.54) is 19.3 Å². The monoisotopic (exact) mass is 386 g/mol. The number of halogens is 2. The second-order valence-electron chi connectivity index (χ2n) is 7.01. The first-order valence-electron chi connectivity index (χ1n) is 9.08. The molecule has 2 unspecified atom stereocenters. The van der Waals surface area contributed by atoms with E-state index in [1.54, 1.807) is 0 Å². The first-order chi connectivity index (χ1) is 11.3. The first-order valence-corrected chi connectivity index (χ1v) is 9.08. The van der Waals surface area contributed by atoms with E-state index in [2.05, 4.69) is 20.1 Å². The van der Waals surface area contributed by atoms with Crippen LogP contribution in [-0.2, 0) is 0 Å². The summed E-state index contributed by atoms with van der Waals surface area (Å²) in [5, 5.41) is 3.47. The number of nitrogens with zero attached hydrogens (tertiary/aromatic N) is 3. The van der Waals surface area contributed by atoms with Gasteiger partial charge in [0, 0.05) is 37.9 Å². The summed E-state index contributed by atoms with van der Waals surface area (Å²) in [5.41, 5.74) is 0.799. The fourth-order valence-electron chi connectivity index (χ4n) is 4.37. The fraction of sp³-hybridized carbons (Fsp3) is 0.667. The molecule has 0 aromatic carbocycles. The van der Waals surface area contributed by atoms with Crippen LogP contribution in [0.3, 0.4) is 0 Å². The van der Waals surface area contributed by atoms with Crippen molar-refractivity contribution in [3.05, 3.63) is 23.9 Å². The molecule has 0 radical (unpaired) electrons. The van der Waals surface area contributed by atoms with E-state index >= 15 is 0 Å². The Morgan fingerprint density at radius 3 is 2.64 bits per heavy atom. The van der Waals surface area contributed by atoms with Gasteiger partial charge in [0.25, 0.3) is 5.91 Å². The van der Waals surface area contributed by atoms with Crippen LogP contribution in [0.1, 0.15) is 48.9 Å². The molecule has 25 heavy (non-hydrogen) atoms. The van der Waals surface area contributed by atoms with Crippen LogP contribution in [0.2, 0.25) is 0 Å². The average Bonchev–Trinajstić information content (AvgIpc) is 2.88. The lowest BCUT2D eigenvalue weighted by molar-refractivity contribution is 0.0680. The van der Waals surface area contributed by atoms with Gasteiger partial charge in [-0.2, -0.15) is 0 Å². The summed E-state index contributed by atoms with van der Waals surface area (Å²) in [5.74, 6) is 1.09. The van der Waals surface area contributed by atoms with E-state index in [-0.39, 0.29) is 30.7 Å². The van der Waals surface area contributed by atoms with Crippen molar-refractivity contribution < 1.29 is 4.79 Å². The summed E-state index contributed by atoms with van der Waals surface area (Å²) >= 11 is 0. The number of rotatable bonds is 2. The number of aromatic nitrogens is 1. The molecule has 0 spiro atoms. The third kappa shape index (κ3) is 4.04. The molecule has 0 saturated carbocycles. The molecule has 2 atom stereocenters. The summed E-state index contributed by atoms with van der Waals surface area (Å²) in [6.07, 6.45) is 8.85. The molecular weight excluding hydrogens is 359 g/mol. The molecule has 1 aromatic heterocycles. The summed E-state index contributed by atoms with van der Waals surface area (Å²) in [6, 6.07) is 4.62. The Morgan fingerprint density at radius 1 is 1.08 bits per heavy atom. The van der Waals surface area contributed by atoms with Crippen molar-refractivity contribution in [2.24, 2.45) is 0 Å². The molecule has 0 aliphatic carbocycles. The highest BCUT2D eigenvalue weighted by Gasteiger charge is 2.39. The fourth-order valence-corrected chi connectivity index (χ4v) is 4.37. The van der Waals surface area contributed by atoms with Crippen LogP contribution in [0.15, 0.2) is 18.3 Å². The van der Waals surface area contributed by atoms with Gasteiger partial charge in [-0.05, 0) is 57.2 Å². The van der Waals surface area contributed by atoms with Crippen molar-refractivity contribution in [2.45, 2.75) is 50.6 Å². The molecular formula is C18H28Cl2N4O. The topological polar surface area (TPSA) is 48.5 Å². The van der Waals surface area contributed by atoms with Gasteiger partial charge in [0.15, 0.2) is 0 Å². The number of carbonyl (C=O) groups is 1. The van der Waals surface area contributed by atoms with Crippen molar-refractivity contribution >= 4 is 36.5 Å². The lowest BCUT2D eigenvalue weighted by Gasteiger charge is -2.32. The molecule has 1 aromatic rings. The smallest absolute Gasteiger partial charge is 0.258 e. The lowest BCUT2D eigenvalue weighted by atomic mass is 10.1. The Kier molecular flexibility index (Phi) is 7.35. The minimum Gasteiger partial charge on any atom is -0.356 e. The number of nitrogens with one attached hydrogen (secondary N) is 1. The largest absolute Gasteiger partial charge is 0.356 e. The standard InChI is InChI=1S/C18H26N4O.2ClH/c23-18(22-14-6-7-15(22)13-19-10-8-14)16-5-4-9-20-17(16)21-11-2-1-3-12-21;;/h4-5,9,14-15,19H,1-3,6-8,10-13H2;2*1H. The molecule has 2 bridgehead atoms. The highest BCUT2D eigenvalue weighted by Crippen LogP contribution is 2.31. The Bertz CT molecular complexity index is 566. The number of piperidine rings is 1. The molecule has 1 N–H and O–H groups in total. The predicted molar refractivity (Wildman–Crippen MR) is 105 cm³/mol. The van der Waals surface area contributed by atoms with Gasteiger partial charge in [-0.1, -0.05) is 0 Å². The van der Waals surface area contributed by atoms with Gasteiger partial charge in [0.1, 0.15) is 5.82 Å². The van der Waals surface area contributed by atoms with E-state index in [0.717, 1.165) is 56.8 Å². The van der Waals surface area contributed by atoms with E-state index in [0.29, 0.717) is 12.1 Å². The second kappa shape index (κ2) is 9.06. The van der Waals surface area contributed by atoms with E-state index in [9.17, 15) is 4.79 Å². The highest BCUT2D eigenvalue weighted by molar-refractivity contribution is 5.99. The number of fused-ring (bicyclic) bond motifs is 2. The van der Waals surface area contributed by atoms with Crippen LogP contribution in [0, 0.1) is 0 Å². The maximum absolute atomic E-state index is 13.3. The molecule has 3 saturated heterocycles. The maximum atomic E-state index is 13.3. The van der Waals surface area contributed by atoms with Crippen LogP contribution >= 0.6 is 24.8 Å². The Hall–Kier alpha value is -1.04. The van der Waals surface area contributed by atoms with E-state index in [1.807, 2.05) is 18.3 Å². The number of anilines is 1. The van der Waals surface area contributed by atoms with Crippen molar-refractivity contribution in [3.8, 4) is 0 Å². The van der Waals surface area contributed by atoms with Crippen molar-refractivity contribution in [2.75, 3.05) is 31.1 Å². The molecule has 4 rings (SSSR count). The minimum absolute atomic E-state index is 0. The van der Waals surface area contributed by atoms with Crippen molar-refractivity contribution in [3.63, 3.8) is 0 Å². The van der Waals surface area contributed by atoms with Gasteiger partial charge in [-0.25, -0.2) is 4.98 Å². The van der Waals surface area contributed by atoms with Gasteiger partial charge in [0.05, 0.1) is 5.56 Å². The molecule has 3 aliphatic heterocycles. The van der Waals surface area contributed by atoms with Gasteiger partial charge in [-0.3, -0.25) is 4.79 Å². The first kappa shape index (κ1) is 20.3. The Morgan fingerprint density at radius 2 is 1.84 bits per heavy atom. The van der Waals surface area contributed by atoms with Crippen LogP contribution in [0.5, 0.6) is 0 Å². The van der Waals surface area contributed by atoms with Crippen LogP contribution < -0.4 is 10.2 Å². The SMILES string of the molecule is Cl.Cl.O=C(c1cccnc1N1CCCCC1)N1C2CCNCC1CC2. The summed E-state index contributed by atoms with van der Waals surface area (Å²) in [6.45, 7) is 4.00. The summed E-state index contributed by atoms with van der Waals surface area (Å²) in [7, 11) is 0. The maximum Gasteiger partial charge on any atom is 0.258 e. The average molecular weight is 387 g/mol. The highest BCUT2D eigenvalue weighted by atomic mass is 35.5. The number of hydrogen-bond donors (Lipinski definition) is 1. The number of carbonyl (C=O) groups excluding carboxylic acids is 1. The van der Waals surface area contributed by atoms with Gasteiger partial charge in [-0.15, -0.1) is 24.8 Å². The third-order valence-corrected chi connectivity index (χ3v) is 5.56. The minimum atomic E-state index is 0. The number of amides is 1. The third-order valence-electron chi connectivity index (χ3n) is 5.56. The molecule has 140 valence electrons. The number of hydrogen-bond acceptors (Lipinski definition) is 4. The second-order valence-corrected chi connectivity index (χ2v) is 7.01. The Labute approximate surface area is 162 Å². The van der Waals surface area contributed by atoms with E-state index in [4.69, 9.17) is 0 Å². The molecule has 1 amide bonds. The summed E-state index contributed by atoms with van der Waals surface area (Å²) in [4.78, 5) is 22.3. The van der Waals surface area contributed by atoms with Gasteiger partial charge >= 0.3 is 0 Å². The zero-order chi connectivity index (χ0) is 15.6. The summed E-state index contributed by atoms with van der Waals surface area (Å²) < 4.78 is 0. The van der Waals surface area contributed by atoms with E-state index < -0.39 is 0 Å². The van der Waals surface area contributed by atoms with Crippen LogP contribution in [-0.4, -0.2) is 54.1 Å². The Balaban J connectivity index is 0.00000113. The molecule has 5 nitrogen and oxygen atoms in total. The molecule has 7 heteroatoms. The van der Waals surface area contributed by atoms with Gasteiger partial charge < -0.3 is 15.1 Å². The molecule has 3 aliphatic rings. The van der Waals surface area contributed by atoms with Crippen molar-refractivity contribution in [1.29, 1.82) is 0 Å². The zero-order valence-corrected chi connectivity index (χ0v) is 16.2. The normalized spacial score (nSPS) is 25.6. The van der Waals surface area contributed by atoms with Gasteiger partial charge in [0.2, 0.25) is 0 Å².